The van der Waals surface area contributed by atoms with Crippen LogP contribution in [0.1, 0.15) is 38.7 Å². The smallest absolute Gasteiger partial charge is 0.309 e. The summed E-state index contributed by atoms with van der Waals surface area (Å²) in [7, 11) is -3.55. The van der Waals surface area contributed by atoms with Crippen molar-refractivity contribution >= 4 is 21.9 Å². The topological polar surface area (TPSA) is 102 Å². The minimum Gasteiger partial charge on any atom is -0.483 e. The van der Waals surface area contributed by atoms with E-state index in [1.54, 1.807) is 24.8 Å². The SMILES string of the molecule is CCCNS(=O)(=O)c1ccc(OCC(=O)N2CCC(C(=O)OCC)CC2)c(C)c1. The summed E-state index contributed by atoms with van der Waals surface area (Å²) < 4.78 is 37.6. The molecule has 9 heteroatoms. The van der Waals surface area contributed by atoms with Crippen LogP contribution in [0.4, 0.5) is 0 Å². The molecule has 2 rings (SSSR count). The molecule has 1 aromatic carbocycles. The van der Waals surface area contributed by atoms with Crippen LogP contribution in [0, 0.1) is 12.8 Å². The van der Waals surface area contributed by atoms with Crippen molar-refractivity contribution in [1.82, 2.24) is 9.62 Å². The van der Waals surface area contributed by atoms with Crippen molar-refractivity contribution in [3.63, 3.8) is 0 Å². The number of sulfonamides is 1. The minimum absolute atomic E-state index is 0.134. The van der Waals surface area contributed by atoms with Gasteiger partial charge in [0.1, 0.15) is 5.75 Å². The molecule has 1 amide bonds. The monoisotopic (exact) mass is 426 g/mol. The van der Waals surface area contributed by atoms with Crippen molar-refractivity contribution in [1.29, 1.82) is 0 Å². The fraction of sp³-hybridized carbons (Fsp3) is 0.600. The van der Waals surface area contributed by atoms with Crippen molar-refractivity contribution in [2.75, 3.05) is 32.8 Å². The fourth-order valence-electron chi connectivity index (χ4n) is 3.13. The van der Waals surface area contributed by atoms with E-state index in [0.717, 1.165) is 0 Å². The maximum atomic E-state index is 12.4. The van der Waals surface area contributed by atoms with Gasteiger partial charge in [0.05, 0.1) is 17.4 Å². The largest absolute Gasteiger partial charge is 0.483 e. The van der Waals surface area contributed by atoms with E-state index in [1.165, 1.54) is 12.1 Å². The van der Waals surface area contributed by atoms with E-state index < -0.39 is 10.0 Å². The highest BCUT2D eigenvalue weighted by atomic mass is 32.2. The van der Waals surface area contributed by atoms with Gasteiger partial charge in [0.2, 0.25) is 10.0 Å². The molecule has 162 valence electrons. The number of likely N-dealkylation sites (tertiary alicyclic amines) is 1. The molecule has 0 aliphatic carbocycles. The lowest BCUT2D eigenvalue weighted by atomic mass is 9.97. The summed E-state index contributed by atoms with van der Waals surface area (Å²) in [4.78, 5) is 26.0. The third-order valence-electron chi connectivity index (χ3n) is 4.82. The maximum absolute atomic E-state index is 12.4. The summed E-state index contributed by atoms with van der Waals surface area (Å²) in [6.07, 6.45) is 1.88. The Morgan fingerprint density at radius 3 is 2.48 bits per heavy atom. The van der Waals surface area contributed by atoms with Crippen molar-refractivity contribution < 1.29 is 27.5 Å². The number of nitrogens with zero attached hydrogens (tertiary/aromatic N) is 1. The predicted molar refractivity (Wildman–Crippen MR) is 108 cm³/mol. The Bertz CT molecular complexity index is 816. The highest BCUT2D eigenvalue weighted by Crippen LogP contribution is 2.23. The highest BCUT2D eigenvalue weighted by molar-refractivity contribution is 7.89. The molecular formula is C20H30N2O6S. The van der Waals surface area contributed by atoms with E-state index >= 15 is 0 Å². The van der Waals surface area contributed by atoms with Crippen molar-refractivity contribution in [2.24, 2.45) is 5.92 Å². The molecule has 1 fully saturated rings. The molecule has 1 saturated heterocycles. The van der Waals surface area contributed by atoms with E-state index in [2.05, 4.69) is 4.72 Å². The summed E-state index contributed by atoms with van der Waals surface area (Å²) in [5.41, 5.74) is 0.637. The number of hydrogen-bond donors (Lipinski definition) is 1. The third-order valence-corrected chi connectivity index (χ3v) is 6.28. The first-order valence-electron chi connectivity index (χ1n) is 9.96. The molecule has 1 aliphatic rings. The molecule has 1 aromatic rings. The fourth-order valence-corrected chi connectivity index (χ4v) is 4.34. The van der Waals surface area contributed by atoms with E-state index in [9.17, 15) is 18.0 Å². The first-order chi connectivity index (χ1) is 13.8. The minimum atomic E-state index is -3.55. The lowest BCUT2D eigenvalue weighted by Crippen LogP contribution is -2.42. The lowest BCUT2D eigenvalue weighted by molar-refractivity contribution is -0.151. The van der Waals surface area contributed by atoms with Gasteiger partial charge in [0.15, 0.2) is 6.61 Å². The summed E-state index contributed by atoms with van der Waals surface area (Å²) in [5, 5.41) is 0. The van der Waals surface area contributed by atoms with Crippen LogP contribution in [0.2, 0.25) is 0 Å². The average Bonchev–Trinajstić information content (AvgIpc) is 2.71. The zero-order chi connectivity index (χ0) is 21.4. The second kappa shape index (κ2) is 10.6. The number of esters is 1. The van der Waals surface area contributed by atoms with E-state index in [4.69, 9.17) is 9.47 Å². The van der Waals surface area contributed by atoms with Gasteiger partial charge in [0.25, 0.3) is 5.91 Å². The maximum Gasteiger partial charge on any atom is 0.309 e. The Morgan fingerprint density at radius 2 is 1.90 bits per heavy atom. The Morgan fingerprint density at radius 1 is 1.21 bits per heavy atom. The van der Waals surface area contributed by atoms with Crippen LogP contribution in [0.3, 0.4) is 0 Å². The number of piperidine rings is 1. The lowest BCUT2D eigenvalue weighted by Gasteiger charge is -2.30. The van der Waals surface area contributed by atoms with E-state index in [0.29, 0.717) is 56.8 Å². The summed E-state index contributed by atoms with van der Waals surface area (Å²) in [5.74, 6) is -0.0462. The average molecular weight is 427 g/mol. The number of rotatable bonds is 9. The Hall–Kier alpha value is -2.13. The third kappa shape index (κ3) is 6.43. The van der Waals surface area contributed by atoms with Crippen molar-refractivity contribution in [3.8, 4) is 5.75 Å². The normalized spacial score (nSPS) is 15.2. The van der Waals surface area contributed by atoms with Crippen LogP contribution in [-0.2, 0) is 24.3 Å². The summed E-state index contributed by atoms with van der Waals surface area (Å²) in [6, 6.07) is 4.56. The second-order valence-electron chi connectivity index (χ2n) is 7.02. The summed E-state index contributed by atoms with van der Waals surface area (Å²) in [6.45, 7) is 6.99. The zero-order valence-corrected chi connectivity index (χ0v) is 18.1. The molecule has 0 radical (unpaired) electrons. The van der Waals surface area contributed by atoms with Crippen molar-refractivity contribution in [3.05, 3.63) is 23.8 Å². The number of carbonyl (C=O) groups excluding carboxylic acids is 2. The van der Waals surface area contributed by atoms with Gasteiger partial charge in [0, 0.05) is 19.6 Å². The molecule has 0 atom stereocenters. The highest BCUT2D eigenvalue weighted by Gasteiger charge is 2.28. The Labute approximate surface area is 172 Å². The standard InChI is InChI=1S/C20H30N2O6S/c1-4-10-21-29(25,26)17-6-7-18(15(3)13-17)28-14-19(23)22-11-8-16(9-12-22)20(24)27-5-2/h6-7,13,16,21H,4-5,8-12,14H2,1-3H3. The molecule has 0 aromatic heterocycles. The van der Waals surface area contributed by atoms with Gasteiger partial charge >= 0.3 is 5.97 Å². The van der Waals surface area contributed by atoms with E-state index in [-0.39, 0.29) is 29.3 Å². The molecule has 0 unspecified atom stereocenters. The van der Waals surface area contributed by atoms with Crippen LogP contribution < -0.4 is 9.46 Å². The molecule has 1 heterocycles. The van der Waals surface area contributed by atoms with Gasteiger partial charge in [-0.15, -0.1) is 0 Å². The number of nitrogens with one attached hydrogen (secondary N) is 1. The quantitative estimate of drug-likeness (QED) is 0.605. The molecule has 8 nitrogen and oxygen atoms in total. The molecule has 0 saturated carbocycles. The van der Waals surface area contributed by atoms with Crippen LogP contribution in [0.25, 0.3) is 0 Å². The second-order valence-corrected chi connectivity index (χ2v) is 8.79. The predicted octanol–water partition coefficient (Wildman–Crippen LogP) is 1.86. The van der Waals surface area contributed by atoms with Crippen LogP contribution in [0.15, 0.2) is 23.1 Å². The Balaban J connectivity index is 1.88. The van der Waals surface area contributed by atoms with Crippen LogP contribution in [-0.4, -0.2) is 58.0 Å². The number of aryl methyl sites for hydroxylation is 1. The zero-order valence-electron chi connectivity index (χ0n) is 17.3. The molecule has 1 aliphatic heterocycles. The molecular weight excluding hydrogens is 396 g/mol. The first kappa shape index (κ1) is 23.2. The Kier molecular flexibility index (Phi) is 8.45. The number of hydrogen-bond acceptors (Lipinski definition) is 6. The van der Waals surface area contributed by atoms with Gasteiger partial charge in [-0.25, -0.2) is 13.1 Å². The van der Waals surface area contributed by atoms with Crippen molar-refractivity contribution in [2.45, 2.75) is 44.9 Å². The molecule has 29 heavy (non-hydrogen) atoms. The van der Waals surface area contributed by atoms with Gasteiger partial charge in [-0.05, 0) is 56.9 Å². The van der Waals surface area contributed by atoms with Gasteiger partial charge in [-0.3, -0.25) is 9.59 Å². The van der Waals surface area contributed by atoms with Crippen LogP contribution in [0.5, 0.6) is 5.75 Å². The van der Waals surface area contributed by atoms with Gasteiger partial charge in [-0.1, -0.05) is 6.92 Å². The molecule has 0 bridgehead atoms. The number of carbonyl (C=O) groups is 2. The van der Waals surface area contributed by atoms with Gasteiger partial charge < -0.3 is 14.4 Å². The van der Waals surface area contributed by atoms with E-state index in [1.807, 2.05) is 6.92 Å². The molecule has 1 N–H and O–H groups in total. The number of amides is 1. The first-order valence-corrected chi connectivity index (χ1v) is 11.4. The number of ether oxygens (including phenoxy) is 2. The van der Waals surface area contributed by atoms with Gasteiger partial charge in [-0.2, -0.15) is 0 Å². The summed E-state index contributed by atoms with van der Waals surface area (Å²) >= 11 is 0. The molecule has 0 spiro atoms. The number of benzene rings is 1. The van der Waals surface area contributed by atoms with Crippen LogP contribution >= 0.6 is 0 Å².